The van der Waals surface area contributed by atoms with Crippen LogP contribution in [0.25, 0.3) is 0 Å². The first-order valence-corrected chi connectivity index (χ1v) is 11.6. The van der Waals surface area contributed by atoms with Gasteiger partial charge in [0.25, 0.3) is 0 Å². The van der Waals surface area contributed by atoms with Crippen LogP contribution in [-0.2, 0) is 4.74 Å². The average molecular weight is 431 g/mol. The van der Waals surface area contributed by atoms with Crippen LogP contribution in [0, 0.1) is 5.92 Å². The van der Waals surface area contributed by atoms with E-state index in [4.69, 9.17) is 9.47 Å². The van der Waals surface area contributed by atoms with Gasteiger partial charge in [0.1, 0.15) is 5.75 Å². The average Bonchev–Trinajstić information content (AvgIpc) is 2.82. The largest absolute Gasteiger partial charge is 0.490 e. The van der Waals surface area contributed by atoms with Crippen LogP contribution in [0.5, 0.6) is 5.75 Å². The molecule has 0 spiro atoms. The molecule has 0 saturated heterocycles. The highest BCUT2D eigenvalue weighted by Gasteiger charge is 2.29. The summed E-state index contributed by atoms with van der Waals surface area (Å²) in [5, 5.41) is 0. The molecule has 0 radical (unpaired) electrons. The van der Waals surface area contributed by atoms with Crippen molar-refractivity contribution >= 4 is 5.97 Å². The highest BCUT2D eigenvalue weighted by atomic mass is 16.5. The number of ether oxygens (including phenoxy) is 2. The summed E-state index contributed by atoms with van der Waals surface area (Å²) in [6.45, 7) is 6.66. The number of esters is 1. The second-order valence-electron chi connectivity index (χ2n) is 8.27. The van der Waals surface area contributed by atoms with E-state index < -0.39 is 0 Å². The van der Waals surface area contributed by atoms with Crippen LogP contribution in [0.4, 0.5) is 0 Å². The Labute approximate surface area is 192 Å². The Morgan fingerprint density at radius 1 is 0.844 bits per heavy atom. The van der Waals surface area contributed by atoms with Gasteiger partial charge in [0.2, 0.25) is 0 Å². The molecule has 1 fully saturated rings. The lowest BCUT2D eigenvalue weighted by atomic mass is 9.80. The maximum atomic E-state index is 11.5. The molecule has 4 rings (SSSR count). The molecule has 0 heterocycles. The number of carbonyl (C=O) groups is 1. The van der Waals surface area contributed by atoms with Crippen molar-refractivity contribution in [2.75, 3.05) is 6.61 Å². The molecule has 1 saturated carbocycles. The summed E-state index contributed by atoms with van der Waals surface area (Å²) in [4.78, 5) is 11.5. The van der Waals surface area contributed by atoms with Gasteiger partial charge in [-0.05, 0) is 61.1 Å². The lowest BCUT2D eigenvalue weighted by molar-refractivity contribution is 0.0525. The van der Waals surface area contributed by atoms with Crippen LogP contribution >= 0.6 is 0 Å². The fraction of sp³-hybridized carbons (Fsp3) is 0.345. The maximum absolute atomic E-state index is 11.5. The standard InChI is InChI=1S/C15H20O3.C14H14/c1-3-11-9-14(10-11)18-13-7-5-12(6-8-13)15(16)17-4-2;1-12(13-8-4-2-5-9-13)14-10-6-3-7-11-14/h5-8,11,14H,3-4,9-10H2,1-2H3;2-12H,1H3. The third kappa shape index (κ3) is 6.71. The first-order chi connectivity index (χ1) is 15.6. The molecule has 3 aromatic rings. The van der Waals surface area contributed by atoms with E-state index in [0.717, 1.165) is 24.5 Å². The minimum absolute atomic E-state index is 0.279. The van der Waals surface area contributed by atoms with Crippen molar-refractivity contribution in [2.24, 2.45) is 5.92 Å². The van der Waals surface area contributed by atoms with Gasteiger partial charge < -0.3 is 9.47 Å². The number of rotatable bonds is 7. The fourth-order valence-corrected chi connectivity index (χ4v) is 3.86. The normalized spacial score (nSPS) is 17.0. The first-order valence-electron chi connectivity index (χ1n) is 11.6. The minimum Gasteiger partial charge on any atom is -0.490 e. The highest BCUT2D eigenvalue weighted by molar-refractivity contribution is 5.89. The quantitative estimate of drug-likeness (QED) is 0.370. The van der Waals surface area contributed by atoms with E-state index >= 15 is 0 Å². The van der Waals surface area contributed by atoms with Gasteiger partial charge in [0.05, 0.1) is 18.3 Å². The predicted octanol–water partition coefficient (Wildman–Crippen LogP) is 7.27. The molecule has 0 bridgehead atoms. The van der Waals surface area contributed by atoms with Gasteiger partial charge in [0, 0.05) is 5.92 Å². The van der Waals surface area contributed by atoms with Crippen LogP contribution in [-0.4, -0.2) is 18.7 Å². The molecule has 0 N–H and O–H groups in total. The lowest BCUT2D eigenvalue weighted by Crippen LogP contribution is -2.33. The Hall–Kier alpha value is -3.07. The summed E-state index contributed by atoms with van der Waals surface area (Å²) >= 11 is 0. The zero-order valence-corrected chi connectivity index (χ0v) is 19.4. The lowest BCUT2D eigenvalue weighted by Gasteiger charge is -2.34. The van der Waals surface area contributed by atoms with Gasteiger partial charge in [0.15, 0.2) is 0 Å². The van der Waals surface area contributed by atoms with Crippen LogP contribution < -0.4 is 4.74 Å². The molecule has 0 amide bonds. The number of carbonyl (C=O) groups excluding carboxylic acids is 1. The predicted molar refractivity (Wildman–Crippen MR) is 130 cm³/mol. The fourth-order valence-electron chi connectivity index (χ4n) is 3.86. The van der Waals surface area contributed by atoms with E-state index in [1.54, 1.807) is 19.1 Å². The van der Waals surface area contributed by atoms with Gasteiger partial charge in [-0.1, -0.05) is 80.9 Å². The SMILES string of the molecule is CC(c1ccccc1)c1ccccc1.CCOC(=O)c1ccc(OC2CC(CC)C2)cc1. The zero-order valence-electron chi connectivity index (χ0n) is 19.4. The summed E-state index contributed by atoms with van der Waals surface area (Å²) < 4.78 is 10.8. The van der Waals surface area contributed by atoms with Crippen molar-refractivity contribution < 1.29 is 14.3 Å². The van der Waals surface area contributed by atoms with Gasteiger partial charge in [-0.3, -0.25) is 0 Å². The van der Waals surface area contributed by atoms with Crippen LogP contribution in [0.1, 0.15) is 67.4 Å². The maximum Gasteiger partial charge on any atom is 0.338 e. The molecular weight excluding hydrogens is 396 g/mol. The molecule has 32 heavy (non-hydrogen) atoms. The van der Waals surface area contributed by atoms with Crippen molar-refractivity contribution in [2.45, 2.75) is 52.1 Å². The van der Waals surface area contributed by atoms with Gasteiger partial charge in [-0.25, -0.2) is 4.79 Å². The molecule has 3 aromatic carbocycles. The minimum atomic E-state index is -0.279. The van der Waals surface area contributed by atoms with Gasteiger partial charge in [-0.15, -0.1) is 0 Å². The van der Waals surface area contributed by atoms with Crippen molar-refractivity contribution in [3.8, 4) is 5.75 Å². The summed E-state index contributed by atoms with van der Waals surface area (Å²) in [7, 11) is 0. The van der Waals surface area contributed by atoms with Crippen LogP contribution in [0.2, 0.25) is 0 Å². The Bertz CT molecular complexity index is 890. The number of hydrogen-bond donors (Lipinski definition) is 0. The van der Waals surface area contributed by atoms with E-state index in [2.05, 4.69) is 74.5 Å². The van der Waals surface area contributed by atoms with E-state index in [-0.39, 0.29) is 5.97 Å². The van der Waals surface area contributed by atoms with E-state index in [9.17, 15) is 4.79 Å². The molecule has 3 heteroatoms. The third-order valence-electron chi connectivity index (χ3n) is 6.04. The Kier molecular flexibility index (Phi) is 8.91. The highest BCUT2D eigenvalue weighted by Crippen LogP contribution is 2.33. The molecular formula is C29H34O3. The number of hydrogen-bond acceptors (Lipinski definition) is 3. The van der Waals surface area contributed by atoms with Crippen molar-refractivity contribution in [1.29, 1.82) is 0 Å². The molecule has 1 aliphatic carbocycles. The second kappa shape index (κ2) is 12.1. The smallest absolute Gasteiger partial charge is 0.338 e. The molecule has 0 aromatic heterocycles. The van der Waals surface area contributed by atoms with Crippen molar-refractivity contribution in [1.82, 2.24) is 0 Å². The van der Waals surface area contributed by atoms with E-state index in [0.29, 0.717) is 24.2 Å². The summed E-state index contributed by atoms with van der Waals surface area (Å²) in [5.74, 6) is 1.87. The van der Waals surface area contributed by atoms with Crippen molar-refractivity contribution in [3.05, 3.63) is 102 Å². The molecule has 1 aliphatic rings. The van der Waals surface area contributed by atoms with E-state index in [1.807, 2.05) is 12.1 Å². The molecule has 168 valence electrons. The van der Waals surface area contributed by atoms with Gasteiger partial charge in [-0.2, -0.15) is 0 Å². The monoisotopic (exact) mass is 430 g/mol. The van der Waals surface area contributed by atoms with Crippen LogP contribution in [0.3, 0.4) is 0 Å². The molecule has 3 nitrogen and oxygen atoms in total. The molecule has 0 aliphatic heterocycles. The topological polar surface area (TPSA) is 35.5 Å². The summed E-state index contributed by atoms with van der Waals surface area (Å²) in [5.41, 5.74) is 3.32. The Balaban J connectivity index is 0.000000186. The first kappa shape index (κ1) is 23.6. The zero-order chi connectivity index (χ0) is 22.8. The van der Waals surface area contributed by atoms with Gasteiger partial charge >= 0.3 is 5.97 Å². The molecule has 0 unspecified atom stereocenters. The second-order valence-corrected chi connectivity index (χ2v) is 8.27. The molecule has 0 atom stereocenters. The number of benzene rings is 3. The Morgan fingerprint density at radius 3 is 1.84 bits per heavy atom. The summed E-state index contributed by atoms with van der Waals surface area (Å²) in [6.07, 6.45) is 3.89. The summed E-state index contributed by atoms with van der Waals surface area (Å²) in [6, 6.07) is 28.4. The third-order valence-corrected chi connectivity index (χ3v) is 6.04. The van der Waals surface area contributed by atoms with E-state index in [1.165, 1.54) is 17.5 Å². The Morgan fingerprint density at radius 2 is 1.38 bits per heavy atom. The van der Waals surface area contributed by atoms with Crippen molar-refractivity contribution in [3.63, 3.8) is 0 Å². The van der Waals surface area contributed by atoms with Crippen LogP contribution in [0.15, 0.2) is 84.9 Å².